The van der Waals surface area contributed by atoms with Gasteiger partial charge in [0.2, 0.25) is 11.8 Å². The van der Waals surface area contributed by atoms with Crippen molar-refractivity contribution >= 4 is 19.6 Å². The summed E-state index contributed by atoms with van der Waals surface area (Å²) in [5.74, 6) is -0.303. The van der Waals surface area contributed by atoms with Gasteiger partial charge < -0.3 is 25.0 Å². The standard InChI is InChI=1S/C13H25N2O8P/c1-3-11(16)15-8-10-9-21-13(23-10)5-4-12(17)14-6-7-22-24(18,19)20-2/h10,13H,3-9H2,1-2H3,(H,14,17)(H,15,16)(H,18,19). The zero-order valence-electron chi connectivity index (χ0n) is 13.9. The number of nitrogens with one attached hydrogen (secondary N) is 2. The van der Waals surface area contributed by atoms with Crippen LogP contribution in [0.15, 0.2) is 0 Å². The van der Waals surface area contributed by atoms with Crippen LogP contribution in [0, 0.1) is 0 Å². The van der Waals surface area contributed by atoms with E-state index in [4.69, 9.17) is 14.4 Å². The molecule has 1 aliphatic rings. The maximum Gasteiger partial charge on any atom is 0.471 e. The number of phosphoric ester groups is 1. The highest BCUT2D eigenvalue weighted by Crippen LogP contribution is 2.41. The molecule has 0 saturated carbocycles. The van der Waals surface area contributed by atoms with Crippen molar-refractivity contribution in [3.63, 3.8) is 0 Å². The van der Waals surface area contributed by atoms with E-state index >= 15 is 0 Å². The second-order valence-corrected chi connectivity index (χ2v) is 6.61. The number of ether oxygens (including phenoxy) is 2. The van der Waals surface area contributed by atoms with Gasteiger partial charge in [0.1, 0.15) is 6.10 Å². The Morgan fingerprint density at radius 2 is 2.08 bits per heavy atom. The van der Waals surface area contributed by atoms with Gasteiger partial charge in [0.05, 0.1) is 13.2 Å². The van der Waals surface area contributed by atoms with Crippen LogP contribution in [0.4, 0.5) is 0 Å². The van der Waals surface area contributed by atoms with Crippen molar-refractivity contribution in [2.24, 2.45) is 0 Å². The van der Waals surface area contributed by atoms with Gasteiger partial charge in [-0.25, -0.2) is 4.57 Å². The van der Waals surface area contributed by atoms with Gasteiger partial charge in [0.25, 0.3) is 0 Å². The molecule has 1 rings (SSSR count). The summed E-state index contributed by atoms with van der Waals surface area (Å²) in [6.07, 6.45) is 0.273. The molecule has 0 spiro atoms. The Balaban J connectivity index is 2.09. The average Bonchev–Trinajstić information content (AvgIpc) is 3.02. The molecule has 1 aliphatic heterocycles. The smallest absolute Gasteiger partial charge is 0.354 e. The molecule has 1 heterocycles. The van der Waals surface area contributed by atoms with Gasteiger partial charge in [0.15, 0.2) is 6.29 Å². The Morgan fingerprint density at radius 1 is 1.33 bits per heavy atom. The molecule has 1 saturated heterocycles. The van der Waals surface area contributed by atoms with Gasteiger partial charge in [-0.1, -0.05) is 6.92 Å². The van der Waals surface area contributed by atoms with E-state index < -0.39 is 14.1 Å². The summed E-state index contributed by atoms with van der Waals surface area (Å²) in [6, 6.07) is 0. The molecule has 0 aromatic heterocycles. The Hall–Kier alpha value is -1.03. The molecule has 140 valence electrons. The molecule has 10 nitrogen and oxygen atoms in total. The highest BCUT2D eigenvalue weighted by molar-refractivity contribution is 7.47. The fourth-order valence-electron chi connectivity index (χ4n) is 1.86. The lowest BCUT2D eigenvalue weighted by atomic mass is 10.3. The summed E-state index contributed by atoms with van der Waals surface area (Å²) in [7, 11) is -2.95. The molecule has 0 radical (unpaired) electrons. The van der Waals surface area contributed by atoms with E-state index in [-0.39, 0.29) is 37.5 Å². The van der Waals surface area contributed by atoms with Crippen LogP contribution in [-0.4, -0.2) is 62.5 Å². The summed E-state index contributed by atoms with van der Waals surface area (Å²) in [4.78, 5) is 31.8. The maximum atomic E-state index is 11.6. The minimum Gasteiger partial charge on any atom is -0.354 e. The molecule has 0 bridgehead atoms. The first-order chi connectivity index (χ1) is 11.4. The molecule has 11 heteroatoms. The fourth-order valence-corrected chi connectivity index (χ4v) is 2.29. The van der Waals surface area contributed by atoms with Crippen LogP contribution in [0.3, 0.4) is 0 Å². The Kier molecular flexibility index (Phi) is 9.42. The SMILES string of the molecule is CCC(=O)NCC1COC(CCC(=O)NCCOP(=O)(O)OC)O1. The fraction of sp³-hybridized carbons (Fsp3) is 0.846. The normalized spacial score (nSPS) is 22.8. The summed E-state index contributed by atoms with van der Waals surface area (Å²) in [6.45, 7) is 2.47. The predicted octanol–water partition coefficient (Wildman–Crippen LogP) is -0.0861. The van der Waals surface area contributed by atoms with Crippen molar-refractivity contribution < 1.29 is 37.6 Å². The van der Waals surface area contributed by atoms with Gasteiger partial charge in [-0.05, 0) is 0 Å². The van der Waals surface area contributed by atoms with E-state index in [9.17, 15) is 14.2 Å². The number of phosphoric acid groups is 1. The largest absolute Gasteiger partial charge is 0.471 e. The topological polar surface area (TPSA) is 132 Å². The van der Waals surface area contributed by atoms with E-state index in [2.05, 4.69) is 19.7 Å². The minimum absolute atomic E-state index is 0.0513. The molecule has 0 aromatic carbocycles. The maximum absolute atomic E-state index is 11.6. The van der Waals surface area contributed by atoms with E-state index in [1.807, 2.05) is 0 Å². The zero-order chi connectivity index (χ0) is 18.0. The zero-order valence-corrected chi connectivity index (χ0v) is 14.8. The quantitative estimate of drug-likeness (QED) is 0.341. The minimum atomic E-state index is -4.01. The van der Waals surface area contributed by atoms with Gasteiger partial charge in [-0.2, -0.15) is 0 Å². The Labute approximate surface area is 140 Å². The van der Waals surface area contributed by atoms with Crippen molar-refractivity contribution in [3.8, 4) is 0 Å². The van der Waals surface area contributed by atoms with Crippen LogP contribution in [0.1, 0.15) is 26.2 Å². The summed E-state index contributed by atoms with van der Waals surface area (Å²) < 4.78 is 30.8. The van der Waals surface area contributed by atoms with Crippen molar-refractivity contribution in [1.82, 2.24) is 10.6 Å². The Bertz CT molecular complexity index is 461. The number of amides is 2. The monoisotopic (exact) mass is 368 g/mol. The number of hydrogen-bond donors (Lipinski definition) is 3. The lowest BCUT2D eigenvalue weighted by molar-refractivity contribution is -0.124. The molecule has 0 aromatic rings. The lowest BCUT2D eigenvalue weighted by Gasteiger charge is -2.12. The van der Waals surface area contributed by atoms with Crippen LogP contribution >= 0.6 is 7.82 Å². The first-order valence-corrected chi connectivity index (χ1v) is 9.19. The Morgan fingerprint density at radius 3 is 2.75 bits per heavy atom. The van der Waals surface area contributed by atoms with Gasteiger partial charge in [0, 0.05) is 39.5 Å². The molecule has 3 N–H and O–H groups in total. The summed E-state index contributed by atoms with van der Waals surface area (Å²) >= 11 is 0. The molecule has 24 heavy (non-hydrogen) atoms. The van der Waals surface area contributed by atoms with Crippen molar-refractivity contribution in [2.45, 2.75) is 38.6 Å². The van der Waals surface area contributed by atoms with Gasteiger partial charge in [-0.3, -0.25) is 18.6 Å². The van der Waals surface area contributed by atoms with Crippen LogP contribution in [0.5, 0.6) is 0 Å². The molecule has 3 unspecified atom stereocenters. The third-order valence-electron chi connectivity index (χ3n) is 3.18. The van der Waals surface area contributed by atoms with Crippen LogP contribution in [0.25, 0.3) is 0 Å². The first-order valence-electron chi connectivity index (χ1n) is 7.69. The number of carbonyl (C=O) groups is 2. The summed E-state index contributed by atoms with van der Waals surface area (Å²) in [5.41, 5.74) is 0. The van der Waals surface area contributed by atoms with E-state index in [1.54, 1.807) is 6.92 Å². The van der Waals surface area contributed by atoms with Crippen molar-refractivity contribution in [1.29, 1.82) is 0 Å². The number of hydrogen-bond acceptors (Lipinski definition) is 7. The predicted molar refractivity (Wildman–Crippen MR) is 82.9 cm³/mol. The lowest BCUT2D eigenvalue weighted by Crippen LogP contribution is -2.33. The van der Waals surface area contributed by atoms with E-state index in [0.29, 0.717) is 26.0 Å². The highest BCUT2D eigenvalue weighted by Gasteiger charge is 2.26. The van der Waals surface area contributed by atoms with Crippen LogP contribution in [0.2, 0.25) is 0 Å². The third kappa shape index (κ3) is 8.72. The average molecular weight is 368 g/mol. The molecule has 3 atom stereocenters. The molecule has 0 aliphatic carbocycles. The molecular formula is C13H25N2O8P. The number of rotatable bonds is 11. The van der Waals surface area contributed by atoms with Gasteiger partial charge >= 0.3 is 7.82 Å². The number of carbonyl (C=O) groups excluding carboxylic acids is 2. The van der Waals surface area contributed by atoms with Gasteiger partial charge in [-0.15, -0.1) is 0 Å². The first kappa shape index (κ1) is 21.0. The van der Waals surface area contributed by atoms with Crippen LogP contribution < -0.4 is 10.6 Å². The molecule has 2 amide bonds. The third-order valence-corrected chi connectivity index (χ3v) is 4.15. The second-order valence-electron chi connectivity index (χ2n) is 5.05. The van der Waals surface area contributed by atoms with Crippen LogP contribution in [-0.2, 0) is 32.7 Å². The van der Waals surface area contributed by atoms with Crippen molar-refractivity contribution in [3.05, 3.63) is 0 Å². The summed E-state index contributed by atoms with van der Waals surface area (Å²) in [5, 5.41) is 5.26. The molecular weight excluding hydrogens is 343 g/mol. The van der Waals surface area contributed by atoms with E-state index in [0.717, 1.165) is 7.11 Å². The molecule has 1 fully saturated rings. The second kappa shape index (κ2) is 10.8. The highest BCUT2D eigenvalue weighted by atomic mass is 31.2. The van der Waals surface area contributed by atoms with E-state index in [1.165, 1.54) is 0 Å². The van der Waals surface area contributed by atoms with Crippen molar-refractivity contribution in [2.75, 3.05) is 33.4 Å².